The maximum absolute atomic E-state index is 12.0. The molecule has 0 spiro atoms. The molecule has 0 unspecified atom stereocenters. The van der Waals surface area contributed by atoms with Gasteiger partial charge >= 0.3 is 0 Å². The molecule has 0 fully saturated rings. The van der Waals surface area contributed by atoms with Crippen molar-refractivity contribution < 1.29 is 112 Å². The topological polar surface area (TPSA) is 445 Å². The number of fused-ring (bicyclic) bond motifs is 4. The van der Waals surface area contributed by atoms with E-state index in [0.717, 1.165) is 31.4 Å². The van der Waals surface area contributed by atoms with Gasteiger partial charge in [-0.1, -0.05) is 5.46 Å². The average molecular weight is 906 g/mol. The quantitative estimate of drug-likeness (QED) is 0.0389. The predicted octanol–water partition coefficient (Wildman–Crippen LogP) is -2.14. The van der Waals surface area contributed by atoms with Crippen LogP contribution in [-0.2, 0) is 0 Å². The predicted molar refractivity (Wildman–Crippen MR) is 242 cm³/mol. The van der Waals surface area contributed by atoms with Crippen LogP contribution in [0, 0.1) is 0 Å². The molecule has 22 nitrogen and oxygen atoms in total. The van der Waals surface area contributed by atoms with Crippen LogP contribution >= 0.6 is 0 Å². The highest BCUT2D eigenvalue weighted by atomic mass is 16.4. The molecule has 0 saturated heterocycles. The molecule has 0 heterocycles. The molecule has 0 radical (unpaired) electrons. The Morgan fingerprint density at radius 3 is 0.818 bits per heavy atom. The number of hydrogen-bond donors (Lipinski definition) is 22. The van der Waals surface area contributed by atoms with Crippen LogP contribution in [0.3, 0.4) is 0 Å². The van der Waals surface area contributed by atoms with Crippen molar-refractivity contribution in [3.63, 3.8) is 0 Å². The minimum Gasteiger partial charge on any atom is -0.508 e. The zero-order chi connectivity index (χ0) is 49.1. The monoisotopic (exact) mass is 906 g/mol. The summed E-state index contributed by atoms with van der Waals surface area (Å²) >= 11 is 0. The Hall–Kier alpha value is -9.34. The van der Waals surface area contributed by atoms with Gasteiger partial charge in [-0.3, -0.25) is 0 Å². The third kappa shape index (κ3) is 4.93. The Balaban J connectivity index is 1.68. The Bertz CT molecular complexity index is 3550. The van der Waals surface area contributed by atoms with Gasteiger partial charge in [-0.25, -0.2) is 0 Å². The van der Waals surface area contributed by atoms with Crippen molar-refractivity contribution in [2.45, 2.75) is 0 Å². The first-order valence-electron chi connectivity index (χ1n) is 18.7. The number of benzene rings is 8. The van der Waals surface area contributed by atoms with E-state index in [9.17, 15) is 112 Å². The van der Waals surface area contributed by atoms with E-state index < -0.39 is 225 Å². The molecular formula is C40H30B4O22. The fraction of sp³-hybridized carbons (Fsp3) is 0. The summed E-state index contributed by atoms with van der Waals surface area (Å²) in [6.45, 7) is 0. The van der Waals surface area contributed by atoms with Gasteiger partial charge in [-0.2, -0.15) is 0 Å². The number of hydrogen-bond acceptors (Lipinski definition) is 22. The number of rotatable bonds is 3. The second kappa shape index (κ2) is 13.6. The summed E-state index contributed by atoms with van der Waals surface area (Å²) in [5.74, 6) is -29.6. The third-order valence-electron chi connectivity index (χ3n) is 12.2. The van der Waals surface area contributed by atoms with Crippen LogP contribution < -0.4 is 21.9 Å². The lowest BCUT2D eigenvalue weighted by atomic mass is 9.73. The lowest BCUT2D eigenvalue weighted by Gasteiger charge is -2.27. The molecule has 0 aliphatic carbocycles. The Morgan fingerprint density at radius 2 is 0.379 bits per heavy atom. The summed E-state index contributed by atoms with van der Waals surface area (Å²) in [5, 5.41) is 240. The first-order valence-corrected chi connectivity index (χ1v) is 18.7. The second-order valence-corrected chi connectivity index (χ2v) is 15.4. The summed E-state index contributed by atoms with van der Waals surface area (Å²) < 4.78 is 0. The summed E-state index contributed by atoms with van der Waals surface area (Å²) in [6, 6.07) is 0. The number of aromatic hydroxyl groups is 22. The Labute approximate surface area is 367 Å². The maximum Gasteiger partial charge on any atom is 0.205 e. The van der Waals surface area contributed by atoms with Crippen molar-refractivity contribution in [1.29, 1.82) is 0 Å². The van der Waals surface area contributed by atoms with Gasteiger partial charge in [0.1, 0.15) is 37.1 Å². The first kappa shape index (κ1) is 43.3. The van der Waals surface area contributed by atoms with Gasteiger partial charge in [0, 0.05) is 43.8 Å². The van der Waals surface area contributed by atoms with Crippen LogP contribution in [0.5, 0.6) is 126 Å². The molecule has 8 aromatic rings. The van der Waals surface area contributed by atoms with Crippen molar-refractivity contribution in [3.05, 3.63) is 0 Å². The van der Waals surface area contributed by atoms with Crippen LogP contribution in [0.15, 0.2) is 0 Å². The smallest absolute Gasteiger partial charge is 0.205 e. The molecule has 26 heteroatoms. The summed E-state index contributed by atoms with van der Waals surface area (Å²) in [5.41, 5.74) is -8.35. The summed E-state index contributed by atoms with van der Waals surface area (Å²) in [6.07, 6.45) is 0. The fourth-order valence-electron chi connectivity index (χ4n) is 8.85. The molecular weight excluding hydrogens is 876 g/mol. The molecule has 334 valence electrons. The van der Waals surface area contributed by atoms with E-state index in [1.807, 2.05) is 0 Å². The molecule has 0 aliphatic rings. The van der Waals surface area contributed by atoms with E-state index in [0.29, 0.717) is 0 Å². The van der Waals surface area contributed by atoms with Gasteiger partial charge in [0.2, 0.25) is 17.2 Å². The van der Waals surface area contributed by atoms with Crippen LogP contribution in [0.4, 0.5) is 0 Å². The van der Waals surface area contributed by atoms with Crippen molar-refractivity contribution >= 4 is 96.3 Å². The second-order valence-electron chi connectivity index (χ2n) is 15.4. The highest BCUT2D eigenvalue weighted by Crippen LogP contribution is 2.65. The lowest BCUT2D eigenvalue weighted by Crippen LogP contribution is -2.13. The zero-order valence-electron chi connectivity index (χ0n) is 33.8. The van der Waals surface area contributed by atoms with Crippen molar-refractivity contribution in [2.75, 3.05) is 0 Å². The molecule has 0 saturated carbocycles. The standard InChI is InChI=1S/C40H30B4O22/c41-15-9(24(50)28(54)14-10(15)25(51)39(65)40(66)32(14)58)13-29(55)26(52)11(27(53)30(13)56)2-4-5(21(47)37(63)34(60)17(4)43)1(3-6(2)22(48)38(64)33(59)16(3)42)7-8-12(31(57)36(62)23(7)49)19(45)18(44)35(61)20(8)46/h45-66H,41-44H2. The van der Waals surface area contributed by atoms with E-state index in [-0.39, 0.29) is 0 Å². The van der Waals surface area contributed by atoms with E-state index in [1.165, 1.54) is 0 Å². The molecule has 0 bridgehead atoms. The molecule has 8 rings (SSSR count). The summed E-state index contributed by atoms with van der Waals surface area (Å²) in [7, 11) is 4.10. The molecule has 0 atom stereocenters. The maximum atomic E-state index is 12.0. The average Bonchev–Trinajstić information content (AvgIpc) is 3.28. The molecule has 0 amide bonds. The molecule has 66 heavy (non-hydrogen) atoms. The highest BCUT2D eigenvalue weighted by molar-refractivity contribution is 6.51. The van der Waals surface area contributed by atoms with E-state index in [4.69, 9.17) is 0 Å². The summed E-state index contributed by atoms with van der Waals surface area (Å²) in [4.78, 5) is 0. The molecule has 0 aromatic heterocycles. The van der Waals surface area contributed by atoms with E-state index in [1.54, 1.807) is 0 Å². The first-order chi connectivity index (χ1) is 30.7. The van der Waals surface area contributed by atoms with Crippen LogP contribution in [0.25, 0.3) is 76.5 Å². The van der Waals surface area contributed by atoms with Gasteiger partial charge in [0.15, 0.2) is 103 Å². The minimum atomic E-state index is -1.57. The van der Waals surface area contributed by atoms with Crippen LogP contribution in [-0.4, -0.2) is 144 Å². The van der Waals surface area contributed by atoms with E-state index >= 15 is 0 Å². The third-order valence-corrected chi connectivity index (χ3v) is 12.2. The minimum absolute atomic E-state index is 0.488. The Kier molecular flexibility index (Phi) is 8.91. The van der Waals surface area contributed by atoms with Gasteiger partial charge in [0.05, 0.1) is 21.9 Å². The van der Waals surface area contributed by atoms with Crippen molar-refractivity contribution in [2.24, 2.45) is 0 Å². The van der Waals surface area contributed by atoms with Gasteiger partial charge in [0.25, 0.3) is 0 Å². The van der Waals surface area contributed by atoms with E-state index in [2.05, 4.69) is 0 Å². The fourth-order valence-corrected chi connectivity index (χ4v) is 8.85. The zero-order valence-corrected chi connectivity index (χ0v) is 33.8. The van der Waals surface area contributed by atoms with Crippen molar-refractivity contribution in [3.8, 4) is 160 Å². The van der Waals surface area contributed by atoms with Gasteiger partial charge < -0.3 is 112 Å². The molecule has 8 aromatic carbocycles. The van der Waals surface area contributed by atoms with Crippen LogP contribution in [0.2, 0.25) is 0 Å². The van der Waals surface area contributed by atoms with Gasteiger partial charge in [-0.15, -0.1) is 0 Å². The Morgan fingerprint density at radius 1 is 0.136 bits per heavy atom. The van der Waals surface area contributed by atoms with Crippen molar-refractivity contribution in [1.82, 2.24) is 0 Å². The van der Waals surface area contributed by atoms with Gasteiger partial charge in [-0.05, 0) is 27.2 Å². The SMILES string of the molecule is Bc1c(O)c(O)c2c(-c3c4c(B)c(O)c(O)c(O)c4c(-c4c(O)c(O)c(-c5c(O)c(O)c6c(O)c(O)c(O)c(O)c6c5B)c(O)c4O)c4c(B)c(O)c(O)c(O)c34)c(O)c(O)c(O)c2c1O. The van der Waals surface area contributed by atoms with Crippen LogP contribution in [0.1, 0.15) is 0 Å². The molecule has 22 N–H and O–H groups in total. The number of phenols is 22. The normalized spacial score (nSPS) is 11.7. The highest BCUT2D eigenvalue weighted by Gasteiger charge is 2.39. The lowest BCUT2D eigenvalue weighted by molar-refractivity contribution is 0.349. The number of phenolic OH excluding ortho intramolecular Hbond substituents is 22. The largest absolute Gasteiger partial charge is 0.508 e. The molecule has 0 aliphatic heterocycles.